The fourth-order valence-corrected chi connectivity index (χ4v) is 3.48. The van der Waals surface area contributed by atoms with E-state index in [-0.39, 0.29) is 30.1 Å². The molecule has 1 aliphatic heterocycles. The molecule has 1 amide bonds. The minimum atomic E-state index is -1.76. The maximum atomic E-state index is 13.7. The summed E-state index contributed by atoms with van der Waals surface area (Å²) in [7, 11) is 0. The molecule has 1 unspecified atom stereocenters. The first-order valence-corrected chi connectivity index (χ1v) is 10.2. The van der Waals surface area contributed by atoms with Crippen LogP contribution in [0.1, 0.15) is 29.8 Å². The van der Waals surface area contributed by atoms with Gasteiger partial charge in [0.05, 0.1) is 12.2 Å². The van der Waals surface area contributed by atoms with Crippen molar-refractivity contribution in [1.29, 1.82) is 0 Å². The summed E-state index contributed by atoms with van der Waals surface area (Å²) in [5.41, 5.74) is 0. The summed E-state index contributed by atoms with van der Waals surface area (Å²) in [6.45, 7) is 0.369. The molecule has 1 aromatic heterocycles. The Morgan fingerprint density at radius 2 is 1.88 bits per heavy atom. The van der Waals surface area contributed by atoms with Gasteiger partial charge in [0.1, 0.15) is 12.9 Å². The third-order valence-electron chi connectivity index (χ3n) is 5.35. The molecule has 1 aliphatic rings. The second-order valence-corrected chi connectivity index (χ2v) is 7.53. The van der Waals surface area contributed by atoms with Gasteiger partial charge in [0.25, 0.3) is 5.91 Å². The molecule has 178 valence electrons. The summed E-state index contributed by atoms with van der Waals surface area (Å²) < 4.78 is 63.5. The Kier molecular flexibility index (Phi) is 8.15. The van der Waals surface area contributed by atoms with Crippen molar-refractivity contribution < 1.29 is 41.2 Å². The number of nitrogens with one attached hydrogen (secondary N) is 1. The Labute approximate surface area is 185 Å². The van der Waals surface area contributed by atoms with Crippen molar-refractivity contribution >= 4 is 18.0 Å². The van der Waals surface area contributed by atoms with Crippen molar-refractivity contribution in [2.24, 2.45) is 5.92 Å². The van der Waals surface area contributed by atoms with Gasteiger partial charge < -0.3 is 24.3 Å². The maximum Gasteiger partial charge on any atom is 0.292 e. The van der Waals surface area contributed by atoms with E-state index in [1.54, 1.807) is 4.90 Å². The van der Waals surface area contributed by atoms with Crippen LogP contribution in [0.15, 0.2) is 22.9 Å². The van der Waals surface area contributed by atoms with Crippen LogP contribution in [0, 0.1) is 29.2 Å². The molecule has 1 saturated heterocycles. The highest BCUT2D eigenvalue weighted by Crippen LogP contribution is 2.26. The number of carbonyl (C=O) groups is 3. The fourth-order valence-electron chi connectivity index (χ4n) is 3.48. The van der Waals surface area contributed by atoms with E-state index >= 15 is 0 Å². The van der Waals surface area contributed by atoms with Crippen LogP contribution in [0.5, 0.6) is 5.75 Å². The Balaban J connectivity index is 1.50. The van der Waals surface area contributed by atoms with Gasteiger partial charge in [-0.25, -0.2) is 8.78 Å². The number of piperidine rings is 1. The smallest absolute Gasteiger partial charge is 0.292 e. The van der Waals surface area contributed by atoms with Crippen molar-refractivity contribution in [3.63, 3.8) is 0 Å². The monoisotopic (exact) mass is 471 g/mol. The molecular weight excluding hydrogens is 450 g/mol. The Morgan fingerprint density at radius 3 is 2.45 bits per heavy atom. The fraction of sp³-hybridized carbons (Fsp3) is 0.429. The van der Waals surface area contributed by atoms with Crippen LogP contribution in [-0.2, 0) is 9.59 Å². The van der Waals surface area contributed by atoms with Crippen LogP contribution >= 0.6 is 0 Å². The lowest BCUT2D eigenvalue weighted by molar-refractivity contribution is -0.124. The molecule has 1 N–H and O–H groups in total. The van der Waals surface area contributed by atoms with Gasteiger partial charge in [-0.1, -0.05) is 5.16 Å². The first-order valence-electron chi connectivity index (χ1n) is 10.2. The molecule has 12 heteroatoms. The van der Waals surface area contributed by atoms with Gasteiger partial charge in [-0.3, -0.25) is 9.59 Å². The van der Waals surface area contributed by atoms with E-state index in [4.69, 9.17) is 9.26 Å². The summed E-state index contributed by atoms with van der Waals surface area (Å²) in [5.74, 6) is -8.91. The first kappa shape index (κ1) is 24.4. The number of benzene rings is 1. The second-order valence-electron chi connectivity index (χ2n) is 7.53. The van der Waals surface area contributed by atoms with Crippen LogP contribution in [0.3, 0.4) is 0 Å². The molecule has 0 aliphatic carbocycles. The van der Waals surface area contributed by atoms with E-state index < -0.39 is 47.5 Å². The van der Waals surface area contributed by atoms with Gasteiger partial charge in [0, 0.05) is 31.6 Å². The zero-order chi connectivity index (χ0) is 24.0. The van der Waals surface area contributed by atoms with E-state index in [2.05, 4.69) is 10.5 Å². The number of carbonyl (C=O) groups excluding carboxylic acids is 3. The van der Waals surface area contributed by atoms with Gasteiger partial charge in [0.2, 0.25) is 17.4 Å². The van der Waals surface area contributed by atoms with Gasteiger partial charge in [-0.15, -0.1) is 0 Å². The van der Waals surface area contributed by atoms with Crippen molar-refractivity contribution in [2.45, 2.75) is 25.3 Å². The lowest BCUT2D eigenvalue weighted by Crippen LogP contribution is -2.45. The first-order chi connectivity index (χ1) is 15.8. The molecule has 33 heavy (non-hydrogen) atoms. The van der Waals surface area contributed by atoms with Gasteiger partial charge in [-0.05, 0) is 25.3 Å². The normalized spacial score (nSPS) is 15.3. The third-order valence-corrected chi connectivity index (χ3v) is 5.35. The number of ether oxygens (including phenoxy) is 1. The molecule has 8 nitrogen and oxygen atoms in total. The minimum Gasteiger partial charge on any atom is -0.479 e. The second kappa shape index (κ2) is 11.0. The number of Topliss-reactive ketones (excluding diaryl/α,β-unsaturated/α-hetero) is 1. The molecule has 0 spiro atoms. The number of hydrogen-bond acceptors (Lipinski definition) is 7. The average Bonchev–Trinajstić information content (AvgIpc) is 3.35. The van der Waals surface area contributed by atoms with Gasteiger partial charge in [0.15, 0.2) is 23.2 Å². The topological polar surface area (TPSA) is 102 Å². The molecule has 2 aromatic rings. The number of aldehydes is 1. The summed E-state index contributed by atoms with van der Waals surface area (Å²) in [5, 5.41) is 6.43. The van der Waals surface area contributed by atoms with E-state index in [9.17, 15) is 31.9 Å². The quantitative estimate of drug-likeness (QED) is 0.322. The van der Waals surface area contributed by atoms with Crippen LogP contribution in [0.4, 0.5) is 17.6 Å². The van der Waals surface area contributed by atoms with Crippen LogP contribution in [-0.4, -0.2) is 60.3 Å². The van der Waals surface area contributed by atoms with Crippen LogP contribution in [0.25, 0.3) is 0 Å². The highest BCUT2D eigenvalue weighted by atomic mass is 19.2. The molecule has 0 bridgehead atoms. The summed E-state index contributed by atoms with van der Waals surface area (Å²) in [4.78, 5) is 37.3. The van der Waals surface area contributed by atoms with Crippen molar-refractivity contribution in [1.82, 2.24) is 15.4 Å². The number of ketones is 1. The summed E-state index contributed by atoms with van der Waals surface area (Å²) in [6, 6.07) is 0.491. The standard InChI is InChI=1S/C21H21F4N3O5/c22-13-9-14(23)19(25)20(18(13)24)32-11-16(30)15(4-8-29)26-10-12-2-6-28(7-3-12)21(31)17-1-5-27-33-17/h1,5,8-9,12,15,26H,2-4,6-7,10-11H2. The van der Waals surface area contributed by atoms with Crippen molar-refractivity contribution in [3.8, 4) is 5.75 Å². The molecule has 0 radical (unpaired) electrons. The third kappa shape index (κ3) is 5.95. The predicted octanol–water partition coefficient (Wildman–Crippen LogP) is 2.28. The number of aromatic nitrogens is 1. The van der Waals surface area contributed by atoms with E-state index in [1.807, 2.05) is 0 Å². The number of likely N-dealkylation sites (tertiary alicyclic amines) is 1. The largest absolute Gasteiger partial charge is 0.479 e. The SMILES string of the molecule is O=CCC(NCC1CCN(C(=O)c2ccno2)CC1)C(=O)COc1c(F)c(F)cc(F)c1F. The van der Waals surface area contributed by atoms with E-state index in [0.29, 0.717) is 38.8 Å². The molecule has 2 heterocycles. The molecule has 1 aromatic carbocycles. The number of hydrogen-bond donors (Lipinski definition) is 1. The lowest BCUT2D eigenvalue weighted by atomic mass is 9.96. The highest BCUT2D eigenvalue weighted by molar-refractivity contribution is 5.91. The zero-order valence-corrected chi connectivity index (χ0v) is 17.4. The lowest BCUT2D eigenvalue weighted by Gasteiger charge is -2.32. The molecular formula is C21H21F4N3O5. The number of amides is 1. The number of rotatable bonds is 10. The number of halogens is 4. The van der Waals surface area contributed by atoms with Gasteiger partial charge in [-0.2, -0.15) is 8.78 Å². The predicted molar refractivity (Wildman–Crippen MR) is 104 cm³/mol. The maximum absolute atomic E-state index is 13.7. The van der Waals surface area contributed by atoms with E-state index in [0.717, 1.165) is 0 Å². The average molecular weight is 471 g/mol. The summed E-state index contributed by atoms with van der Waals surface area (Å²) >= 11 is 0. The zero-order valence-electron chi connectivity index (χ0n) is 17.4. The molecule has 0 saturated carbocycles. The summed E-state index contributed by atoms with van der Waals surface area (Å²) in [6.07, 6.45) is 2.91. The van der Waals surface area contributed by atoms with Crippen molar-refractivity contribution in [3.05, 3.63) is 47.4 Å². The minimum absolute atomic E-state index is 0.0282. The van der Waals surface area contributed by atoms with Crippen molar-refractivity contribution in [2.75, 3.05) is 26.2 Å². The Bertz CT molecular complexity index is 968. The molecule has 1 fully saturated rings. The van der Waals surface area contributed by atoms with Gasteiger partial charge >= 0.3 is 0 Å². The van der Waals surface area contributed by atoms with Crippen LogP contribution in [0.2, 0.25) is 0 Å². The Hall–Kier alpha value is -3.28. The molecule has 3 rings (SSSR count). The molecule has 1 atom stereocenters. The van der Waals surface area contributed by atoms with Crippen LogP contribution < -0.4 is 10.1 Å². The highest BCUT2D eigenvalue weighted by Gasteiger charge is 2.28. The van der Waals surface area contributed by atoms with E-state index in [1.165, 1.54) is 12.3 Å². The number of nitrogens with zero attached hydrogens (tertiary/aromatic N) is 2. The Morgan fingerprint density at radius 1 is 1.21 bits per heavy atom.